The summed E-state index contributed by atoms with van der Waals surface area (Å²) in [5.41, 5.74) is 2.80. The minimum Gasteiger partial charge on any atom is -0.457 e. The quantitative estimate of drug-likeness (QED) is 0.499. The molecule has 6 rings (SSSR count). The number of hydrogen-bond donors (Lipinski definition) is 1. The smallest absolute Gasteiger partial charge is 0.255 e. The van der Waals surface area contributed by atoms with E-state index in [1.54, 1.807) is 48.5 Å². The lowest BCUT2D eigenvalue weighted by Gasteiger charge is -2.19. The highest BCUT2D eigenvalue weighted by Gasteiger charge is 2.61. The van der Waals surface area contributed by atoms with Gasteiger partial charge in [-0.1, -0.05) is 17.7 Å². The fourth-order valence-electron chi connectivity index (χ4n) is 5.98. The first kappa shape index (κ1) is 21.6. The molecule has 3 amide bonds. The van der Waals surface area contributed by atoms with Crippen LogP contribution in [-0.2, 0) is 9.59 Å². The molecule has 2 bridgehead atoms. The van der Waals surface area contributed by atoms with Crippen molar-refractivity contribution < 1.29 is 19.1 Å². The molecule has 0 unspecified atom stereocenters. The number of rotatable bonds is 5. The minimum absolute atomic E-state index is 0.0719. The molecule has 1 heterocycles. The summed E-state index contributed by atoms with van der Waals surface area (Å²) in [5, 5.41) is 2.87. The summed E-state index contributed by atoms with van der Waals surface area (Å²) in [6, 6.07) is 21.6. The van der Waals surface area contributed by atoms with Crippen molar-refractivity contribution in [2.75, 3.05) is 10.2 Å². The van der Waals surface area contributed by atoms with Gasteiger partial charge in [-0.25, -0.2) is 0 Å². The molecule has 2 saturated carbocycles. The number of anilines is 2. The van der Waals surface area contributed by atoms with Crippen molar-refractivity contribution in [2.45, 2.75) is 26.2 Å². The minimum atomic E-state index is -0.266. The van der Waals surface area contributed by atoms with Gasteiger partial charge in [-0.05, 0) is 98.7 Å². The Hall–Kier alpha value is -3.93. The van der Waals surface area contributed by atoms with Gasteiger partial charge in [0.1, 0.15) is 11.5 Å². The molecule has 6 heteroatoms. The maximum atomic E-state index is 13.0. The number of imide groups is 1. The number of nitrogens with zero attached hydrogens (tertiary/aromatic N) is 1. The van der Waals surface area contributed by atoms with Crippen molar-refractivity contribution in [3.05, 3.63) is 83.9 Å². The van der Waals surface area contributed by atoms with Gasteiger partial charge in [0.2, 0.25) is 11.8 Å². The maximum Gasteiger partial charge on any atom is 0.255 e. The van der Waals surface area contributed by atoms with E-state index in [-0.39, 0.29) is 29.6 Å². The molecule has 3 aromatic rings. The number of amides is 3. The summed E-state index contributed by atoms with van der Waals surface area (Å²) in [7, 11) is 0. The van der Waals surface area contributed by atoms with E-state index < -0.39 is 0 Å². The molecule has 4 atom stereocenters. The molecule has 3 fully saturated rings. The lowest BCUT2D eigenvalue weighted by atomic mass is 9.81. The zero-order valence-corrected chi connectivity index (χ0v) is 19.4. The normalized spacial score (nSPS) is 24.5. The first-order valence-electron chi connectivity index (χ1n) is 12.1. The monoisotopic (exact) mass is 466 g/mol. The van der Waals surface area contributed by atoms with Gasteiger partial charge in [-0.2, -0.15) is 0 Å². The van der Waals surface area contributed by atoms with E-state index in [1.807, 2.05) is 31.2 Å². The molecule has 3 aromatic carbocycles. The van der Waals surface area contributed by atoms with Gasteiger partial charge in [-0.3, -0.25) is 19.3 Å². The summed E-state index contributed by atoms with van der Waals surface area (Å²) < 4.78 is 5.83. The molecule has 2 aliphatic carbocycles. The van der Waals surface area contributed by atoms with Crippen LogP contribution in [0.1, 0.15) is 35.2 Å². The molecule has 35 heavy (non-hydrogen) atoms. The van der Waals surface area contributed by atoms with Crippen molar-refractivity contribution in [3.8, 4) is 11.5 Å². The summed E-state index contributed by atoms with van der Waals surface area (Å²) in [4.78, 5) is 40.1. The molecular weight excluding hydrogens is 440 g/mol. The first-order valence-corrected chi connectivity index (χ1v) is 12.1. The van der Waals surface area contributed by atoms with E-state index >= 15 is 0 Å². The number of hydrogen-bond acceptors (Lipinski definition) is 4. The summed E-state index contributed by atoms with van der Waals surface area (Å²) in [6.45, 7) is 2.02. The number of carbonyl (C=O) groups excluding carboxylic acids is 3. The van der Waals surface area contributed by atoms with Gasteiger partial charge in [0, 0.05) is 11.3 Å². The summed E-state index contributed by atoms with van der Waals surface area (Å²) in [5.74, 6) is 1.42. The molecule has 1 aliphatic heterocycles. The van der Waals surface area contributed by atoms with Gasteiger partial charge < -0.3 is 10.1 Å². The number of nitrogens with one attached hydrogen (secondary N) is 1. The third-order valence-electron chi connectivity index (χ3n) is 7.68. The third-order valence-corrected chi connectivity index (χ3v) is 7.68. The van der Waals surface area contributed by atoms with Gasteiger partial charge in [0.05, 0.1) is 17.5 Å². The van der Waals surface area contributed by atoms with Gasteiger partial charge >= 0.3 is 0 Å². The van der Waals surface area contributed by atoms with Crippen molar-refractivity contribution >= 4 is 29.1 Å². The molecule has 176 valence electrons. The lowest BCUT2D eigenvalue weighted by molar-refractivity contribution is -0.123. The fourth-order valence-corrected chi connectivity index (χ4v) is 5.98. The Morgan fingerprint density at radius 1 is 0.800 bits per heavy atom. The molecule has 0 radical (unpaired) electrons. The topological polar surface area (TPSA) is 75.7 Å². The zero-order valence-electron chi connectivity index (χ0n) is 19.4. The number of ether oxygens (including phenoxy) is 1. The lowest BCUT2D eigenvalue weighted by Crippen LogP contribution is -2.32. The van der Waals surface area contributed by atoms with Crippen LogP contribution in [0, 0.1) is 30.6 Å². The second kappa shape index (κ2) is 8.38. The predicted octanol–water partition coefficient (Wildman–Crippen LogP) is 5.58. The highest BCUT2D eigenvalue weighted by Crippen LogP contribution is 2.56. The zero-order chi connectivity index (χ0) is 24.1. The Morgan fingerprint density at radius 2 is 1.34 bits per heavy atom. The Morgan fingerprint density at radius 3 is 1.91 bits per heavy atom. The number of carbonyl (C=O) groups is 3. The van der Waals surface area contributed by atoms with Crippen LogP contribution in [0.4, 0.5) is 11.4 Å². The summed E-state index contributed by atoms with van der Waals surface area (Å²) >= 11 is 0. The highest BCUT2D eigenvalue weighted by molar-refractivity contribution is 6.22. The molecule has 0 spiro atoms. The van der Waals surface area contributed by atoms with Crippen LogP contribution in [0.2, 0.25) is 0 Å². The first-order chi connectivity index (χ1) is 17.0. The average Bonchev–Trinajstić information content (AvgIpc) is 3.55. The second-order valence-electron chi connectivity index (χ2n) is 9.84. The maximum absolute atomic E-state index is 13.0. The fraction of sp³-hybridized carbons (Fsp3) is 0.276. The van der Waals surface area contributed by atoms with Crippen molar-refractivity contribution in [3.63, 3.8) is 0 Å². The SMILES string of the molecule is Cc1ccc(Oc2ccc(NC(=O)c3ccc(N4C(=O)[C@@H]5[C@H]6CC[C@@H](C6)[C@H]5C4=O)cc3)cc2)cc1. The average molecular weight is 467 g/mol. The van der Waals surface area contributed by atoms with E-state index in [0.29, 0.717) is 34.5 Å². The van der Waals surface area contributed by atoms with Crippen molar-refractivity contribution in [2.24, 2.45) is 23.7 Å². The van der Waals surface area contributed by atoms with E-state index in [2.05, 4.69) is 5.32 Å². The standard InChI is InChI=1S/C29H26N2O4/c1-17-2-12-23(13-3-17)35-24-14-8-21(9-15-24)30-27(32)18-6-10-22(11-7-18)31-28(33)25-19-4-5-20(16-19)26(25)29(31)34/h2-3,6-15,19-20,25-26H,4-5,16H2,1H3,(H,30,32)/t19-,20-,25+,26+/m0/s1. The largest absolute Gasteiger partial charge is 0.457 e. The van der Waals surface area contributed by atoms with E-state index in [4.69, 9.17) is 4.74 Å². The van der Waals surface area contributed by atoms with E-state index in [1.165, 1.54) is 4.90 Å². The Kier molecular flexibility index (Phi) is 5.17. The number of benzene rings is 3. The van der Waals surface area contributed by atoms with Crippen LogP contribution in [-0.4, -0.2) is 17.7 Å². The highest BCUT2D eigenvalue weighted by atomic mass is 16.5. The molecule has 3 aliphatic rings. The molecule has 1 N–H and O–H groups in total. The van der Waals surface area contributed by atoms with Gasteiger partial charge in [-0.15, -0.1) is 0 Å². The predicted molar refractivity (Wildman–Crippen MR) is 132 cm³/mol. The third kappa shape index (κ3) is 3.79. The van der Waals surface area contributed by atoms with E-state index in [9.17, 15) is 14.4 Å². The Bertz CT molecular complexity index is 1270. The van der Waals surface area contributed by atoms with Crippen LogP contribution in [0.25, 0.3) is 0 Å². The van der Waals surface area contributed by atoms with Crippen LogP contribution in [0.3, 0.4) is 0 Å². The molecule has 6 nitrogen and oxygen atoms in total. The number of fused-ring (bicyclic) bond motifs is 5. The van der Waals surface area contributed by atoms with Crippen molar-refractivity contribution in [1.29, 1.82) is 0 Å². The molecule has 1 saturated heterocycles. The van der Waals surface area contributed by atoms with Gasteiger partial charge in [0.25, 0.3) is 5.91 Å². The van der Waals surface area contributed by atoms with Crippen LogP contribution in [0.15, 0.2) is 72.8 Å². The molecular formula is C29H26N2O4. The van der Waals surface area contributed by atoms with Crippen LogP contribution in [0.5, 0.6) is 11.5 Å². The van der Waals surface area contributed by atoms with Gasteiger partial charge in [0.15, 0.2) is 0 Å². The van der Waals surface area contributed by atoms with Crippen molar-refractivity contribution in [1.82, 2.24) is 0 Å². The van der Waals surface area contributed by atoms with E-state index in [0.717, 1.165) is 30.6 Å². The second-order valence-corrected chi connectivity index (χ2v) is 9.84. The van der Waals surface area contributed by atoms with Crippen LogP contribution >= 0.6 is 0 Å². The Balaban J connectivity index is 1.11. The number of aryl methyl sites for hydroxylation is 1. The molecule has 0 aromatic heterocycles. The Labute approximate surface area is 203 Å². The van der Waals surface area contributed by atoms with Crippen LogP contribution < -0.4 is 15.0 Å². The summed E-state index contributed by atoms with van der Waals surface area (Å²) in [6.07, 6.45) is 3.12.